The van der Waals surface area contributed by atoms with Gasteiger partial charge < -0.3 is 14.6 Å². The van der Waals surface area contributed by atoms with E-state index in [1.54, 1.807) is 19.1 Å². The first-order valence-electron chi connectivity index (χ1n) is 8.46. The van der Waals surface area contributed by atoms with E-state index in [1.165, 1.54) is 13.8 Å². The van der Waals surface area contributed by atoms with Crippen LogP contribution in [0.4, 0.5) is 0 Å². The van der Waals surface area contributed by atoms with E-state index >= 15 is 0 Å². The first-order chi connectivity index (χ1) is 10.7. The maximum atomic E-state index is 12.8. The van der Waals surface area contributed by atoms with Crippen molar-refractivity contribution >= 4 is 5.78 Å². The number of ether oxygens (including phenoxy) is 2. The molecule has 0 bridgehead atoms. The van der Waals surface area contributed by atoms with E-state index in [1.807, 2.05) is 27.7 Å². The minimum absolute atomic E-state index is 0.167. The third-order valence-electron chi connectivity index (χ3n) is 3.94. The van der Waals surface area contributed by atoms with Crippen molar-refractivity contribution in [2.24, 2.45) is 5.41 Å². The van der Waals surface area contributed by atoms with Gasteiger partial charge in [0.15, 0.2) is 5.78 Å². The van der Waals surface area contributed by atoms with Crippen LogP contribution in [0.5, 0.6) is 0 Å². The molecule has 0 aromatic carbocycles. The number of Topliss-reactive ketones (excluding diaryl/α,β-unsaturated/α-hetero) is 1. The lowest BCUT2D eigenvalue weighted by molar-refractivity contribution is -0.163. The van der Waals surface area contributed by atoms with Gasteiger partial charge in [0.25, 0.3) is 0 Å². The summed E-state index contributed by atoms with van der Waals surface area (Å²) in [6.07, 6.45) is 4.92. The summed E-state index contributed by atoms with van der Waals surface area (Å²) in [4.78, 5) is 12.8. The van der Waals surface area contributed by atoms with Crippen LogP contribution in [0.1, 0.15) is 61.3 Å². The van der Waals surface area contributed by atoms with E-state index in [-0.39, 0.29) is 19.0 Å². The molecule has 0 spiro atoms. The van der Waals surface area contributed by atoms with Gasteiger partial charge in [-0.05, 0) is 61.3 Å². The number of carbonyl (C=O) groups is 1. The molecule has 0 radical (unpaired) electrons. The largest absolute Gasteiger partial charge is 0.383 e. The zero-order chi connectivity index (χ0) is 19.2. The smallest absolute Gasteiger partial charge is 0.174 e. The Bertz CT molecular complexity index is 415. The van der Waals surface area contributed by atoms with Crippen LogP contribution < -0.4 is 0 Å². The maximum absolute atomic E-state index is 12.8. The number of rotatable bonds is 12. The zero-order valence-electron chi connectivity index (χ0n) is 16.6. The Morgan fingerprint density at radius 3 is 1.46 bits per heavy atom. The van der Waals surface area contributed by atoms with Gasteiger partial charge in [-0.15, -0.1) is 13.2 Å². The van der Waals surface area contributed by atoms with E-state index in [0.717, 1.165) is 0 Å². The van der Waals surface area contributed by atoms with Crippen LogP contribution in [0.3, 0.4) is 0 Å². The SMILES string of the molecule is C=CCC(C)(C)OCC(C)(COC(C)(C)CC=C)C(=O)C(C)(C)O. The Hall–Kier alpha value is -0.970. The van der Waals surface area contributed by atoms with E-state index in [4.69, 9.17) is 9.47 Å². The summed E-state index contributed by atoms with van der Waals surface area (Å²) in [5.74, 6) is -0.293. The molecule has 0 unspecified atom stereocenters. The molecule has 0 atom stereocenters. The summed E-state index contributed by atoms with van der Waals surface area (Å²) < 4.78 is 11.9. The predicted molar refractivity (Wildman–Crippen MR) is 99.1 cm³/mol. The summed E-state index contributed by atoms with van der Waals surface area (Å²) in [5, 5.41) is 10.2. The molecule has 1 N–H and O–H groups in total. The second-order valence-electron chi connectivity index (χ2n) is 8.53. The third-order valence-corrected chi connectivity index (χ3v) is 3.94. The van der Waals surface area contributed by atoms with Crippen molar-refractivity contribution in [3.63, 3.8) is 0 Å². The second kappa shape index (κ2) is 8.41. The molecule has 0 aliphatic rings. The molecular weight excluding hydrogens is 304 g/mol. The van der Waals surface area contributed by atoms with Gasteiger partial charge in [-0.25, -0.2) is 0 Å². The van der Waals surface area contributed by atoms with E-state index in [0.29, 0.717) is 12.8 Å². The molecule has 0 amide bonds. The molecule has 0 aromatic rings. The Kier molecular flexibility index (Phi) is 8.07. The monoisotopic (exact) mass is 340 g/mol. The molecule has 0 aliphatic carbocycles. The van der Waals surface area contributed by atoms with Gasteiger partial charge in [0.1, 0.15) is 5.60 Å². The lowest BCUT2D eigenvalue weighted by Gasteiger charge is -2.38. The Morgan fingerprint density at radius 1 is 0.875 bits per heavy atom. The van der Waals surface area contributed by atoms with Crippen molar-refractivity contribution in [2.45, 2.75) is 78.1 Å². The van der Waals surface area contributed by atoms with Gasteiger partial charge in [-0.3, -0.25) is 4.79 Å². The van der Waals surface area contributed by atoms with Crippen molar-refractivity contribution < 1.29 is 19.4 Å². The topological polar surface area (TPSA) is 55.8 Å². The molecule has 0 saturated heterocycles. The predicted octanol–water partition coefficient (Wildman–Crippen LogP) is 4.08. The summed E-state index contributed by atoms with van der Waals surface area (Å²) in [5.41, 5.74) is -3.26. The molecule has 0 heterocycles. The fourth-order valence-electron chi connectivity index (χ4n) is 2.43. The first kappa shape index (κ1) is 23.0. The Labute approximate surface area is 147 Å². The van der Waals surface area contributed by atoms with Gasteiger partial charge >= 0.3 is 0 Å². The van der Waals surface area contributed by atoms with Gasteiger partial charge in [0.2, 0.25) is 0 Å². The highest BCUT2D eigenvalue weighted by atomic mass is 16.5. The van der Waals surface area contributed by atoms with Crippen LogP contribution in [0.15, 0.2) is 25.3 Å². The lowest BCUT2D eigenvalue weighted by Crippen LogP contribution is -2.50. The van der Waals surface area contributed by atoms with Crippen LogP contribution in [0, 0.1) is 5.41 Å². The fourth-order valence-corrected chi connectivity index (χ4v) is 2.43. The van der Waals surface area contributed by atoms with Crippen molar-refractivity contribution in [2.75, 3.05) is 13.2 Å². The molecule has 0 fully saturated rings. The van der Waals surface area contributed by atoms with E-state index in [2.05, 4.69) is 13.2 Å². The van der Waals surface area contributed by atoms with Crippen molar-refractivity contribution in [1.82, 2.24) is 0 Å². The van der Waals surface area contributed by atoms with Gasteiger partial charge in [0.05, 0.1) is 29.8 Å². The summed E-state index contributed by atoms with van der Waals surface area (Å²) in [7, 11) is 0. The molecule has 4 heteroatoms. The van der Waals surface area contributed by atoms with Gasteiger partial charge in [-0.1, -0.05) is 12.2 Å². The summed E-state index contributed by atoms with van der Waals surface area (Å²) in [6, 6.07) is 0. The molecule has 0 rings (SSSR count). The number of hydrogen-bond acceptors (Lipinski definition) is 4. The van der Waals surface area contributed by atoms with Gasteiger partial charge in [0, 0.05) is 0 Å². The van der Waals surface area contributed by atoms with Crippen molar-refractivity contribution in [3.8, 4) is 0 Å². The fraction of sp³-hybridized carbons (Fsp3) is 0.750. The van der Waals surface area contributed by atoms with Crippen LogP contribution in [-0.2, 0) is 14.3 Å². The molecule has 0 aromatic heterocycles. The van der Waals surface area contributed by atoms with Crippen molar-refractivity contribution in [3.05, 3.63) is 25.3 Å². The molecule has 24 heavy (non-hydrogen) atoms. The van der Waals surface area contributed by atoms with E-state index in [9.17, 15) is 9.90 Å². The first-order valence-corrected chi connectivity index (χ1v) is 8.46. The molecule has 140 valence electrons. The summed E-state index contributed by atoms with van der Waals surface area (Å²) >= 11 is 0. The van der Waals surface area contributed by atoms with Crippen LogP contribution in [0.25, 0.3) is 0 Å². The molecule has 0 aliphatic heterocycles. The highest BCUT2D eigenvalue weighted by Crippen LogP contribution is 2.30. The molecular formula is C20H36O4. The standard InChI is InChI=1S/C20H36O4/c1-10-12-17(3,4)23-14-20(9,16(21)19(7,8)22)15-24-18(5,6)13-11-2/h10-11,22H,1-2,12-15H2,3-9H3. The van der Waals surface area contributed by atoms with Gasteiger partial charge in [-0.2, -0.15) is 0 Å². The highest BCUT2D eigenvalue weighted by molar-refractivity contribution is 5.91. The quantitative estimate of drug-likeness (QED) is 0.544. The Morgan fingerprint density at radius 2 is 1.21 bits per heavy atom. The highest BCUT2D eigenvalue weighted by Gasteiger charge is 2.43. The third kappa shape index (κ3) is 7.73. The van der Waals surface area contributed by atoms with Crippen LogP contribution in [-0.4, -0.2) is 40.9 Å². The van der Waals surface area contributed by atoms with Crippen molar-refractivity contribution in [1.29, 1.82) is 0 Å². The van der Waals surface area contributed by atoms with Crippen LogP contribution >= 0.6 is 0 Å². The number of hydrogen-bond donors (Lipinski definition) is 1. The average molecular weight is 341 g/mol. The number of ketones is 1. The Balaban J connectivity index is 5.27. The molecule has 4 nitrogen and oxygen atoms in total. The van der Waals surface area contributed by atoms with E-state index < -0.39 is 22.2 Å². The minimum Gasteiger partial charge on any atom is -0.383 e. The van der Waals surface area contributed by atoms with Crippen LogP contribution in [0.2, 0.25) is 0 Å². The normalized spacial score (nSPS) is 13.7. The molecule has 0 saturated carbocycles. The number of carbonyl (C=O) groups excluding carboxylic acids is 1. The zero-order valence-corrected chi connectivity index (χ0v) is 16.6. The second-order valence-corrected chi connectivity index (χ2v) is 8.53. The minimum atomic E-state index is -1.45. The number of aliphatic hydroxyl groups is 1. The maximum Gasteiger partial charge on any atom is 0.174 e. The summed E-state index contributed by atoms with van der Waals surface area (Å²) in [6.45, 7) is 20.4. The average Bonchev–Trinajstić information content (AvgIpc) is 2.41. The lowest BCUT2D eigenvalue weighted by atomic mass is 9.79.